The maximum absolute atomic E-state index is 12.8. The lowest BCUT2D eigenvalue weighted by atomic mass is 10.1. The second-order valence-electron chi connectivity index (χ2n) is 8.25. The molecule has 3 rings (SSSR count). The van der Waals surface area contributed by atoms with E-state index >= 15 is 0 Å². The van der Waals surface area contributed by atoms with Gasteiger partial charge in [-0.1, -0.05) is 25.0 Å². The first-order valence-electron chi connectivity index (χ1n) is 11.7. The van der Waals surface area contributed by atoms with Gasteiger partial charge in [-0.25, -0.2) is 13.2 Å². The molecule has 180 valence electrons. The number of rotatable bonds is 14. The molecule has 2 aliphatic heterocycles. The summed E-state index contributed by atoms with van der Waals surface area (Å²) < 4.78 is 43.0. The second kappa shape index (κ2) is 13.1. The van der Waals surface area contributed by atoms with Crippen molar-refractivity contribution >= 4 is 16.1 Å². The van der Waals surface area contributed by atoms with E-state index in [1.165, 1.54) is 4.31 Å². The lowest BCUT2D eigenvalue weighted by Gasteiger charge is -2.26. The van der Waals surface area contributed by atoms with E-state index in [1.807, 2.05) is 12.1 Å². The SMILES string of the molecule is O=C1OCCN1CCCCCCOCCCCc1cccc(S(=O)(=O)N2CCOCC2)c1. The number of sulfonamides is 1. The van der Waals surface area contributed by atoms with E-state index in [1.54, 1.807) is 17.0 Å². The van der Waals surface area contributed by atoms with Gasteiger partial charge in [0.25, 0.3) is 0 Å². The third-order valence-corrected chi connectivity index (χ3v) is 7.72. The normalized spacial score (nSPS) is 17.6. The Hall–Kier alpha value is -1.68. The van der Waals surface area contributed by atoms with Gasteiger partial charge in [0.2, 0.25) is 10.0 Å². The summed E-state index contributed by atoms with van der Waals surface area (Å²) in [4.78, 5) is 13.5. The molecule has 0 saturated carbocycles. The van der Waals surface area contributed by atoms with Gasteiger partial charge in [-0.2, -0.15) is 4.31 Å². The first kappa shape index (κ1) is 25.0. The molecule has 0 radical (unpaired) electrons. The monoisotopic (exact) mass is 468 g/mol. The van der Waals surface area contributed by atoms with Gasteiger partial charge in [0.15, 0.2) is 0 Å². The van der Waals surface area contributed by atoms with E-state index in [4.69, 9.17) is 14.2 Å². The van der Waals surface area contributed by atoms with Crippen molar-refractivity contribution in [2.45, 2.75) is 49.8 Å². The fraction of sp³-hybridized carbons (Fsp3) is 0.696. The summed E-state index contributed by atoms with van der Waals surface area (Å²) in [5, 5.41) is 0. The summed E-state index contributed by atoms with van der Waals surface area (Å²) in [5.41, 5.74) is 1.04. The molecule has 1 aromatic rings. The summed E-state index contributed by atoms with van der Waals surface area (Å²) in [6.45, 7) is 5.25. The predicted octanol–water partition coefficient (Wildman–Crippen LogP) is 3.06. The van der Waals surface area contributed by atoms with Crippen molar-refractivity contribution in [2.75, 3.05) is 59.2 Å². The van der Waals surface area contributed by atoms with Gasteiger partial charge in [-0.05, 0) is 49.8 Å². The number of nitrogens with zero attached hydrogens (tertiary/aromatic N) is 2. The van der Waals surface area contributed by atoms with Crippen LogP contribution in [0.3, 0.4) is 0 Å². The Morgan fingerprint density at radius 2 is 1.66 bits per heavy atom. The number of aryl methyl sites for hydroxylation is 1. The summed E-state index contributed by atoms with van der Waals surface area (Å²) in [6, 6.07) is 7.29. The minimum atomic E-state index is -3.44. The van der Waals surface area contributed by atoms with E-state index < -0.39 is 10.0 Å². The molecule has 0 bridgehead atoms. The Morgan fingerprint density at radius 3 is 2.41 bits per heavy atom. The average Bonchev–Trinajstić information content (AvgIpc) is 3.22. The molecule has 9 heteroatoms. The first-order valence-corrected chi connectivity index (χ1v) is 13.2. The van der Waals surface area contributed by atoms with Crippen LogP contribution in [0.4, 0.5) is 4.79 Å². The number of carbonyl (C=O) groups is 1. The number of amides is 1. The Morgan fingerprint density at radius 1 is 0.906 bits per heavy atom. The number of carbonyl (C=O) groups excluding carboxylic acids is 1. The maximum atomic E-state index is 12.8. The fourth-order valence-corrected chi connectivity index (χ4v) is 5.40. The summed E-state index contributed by atoms with van der Waals surface area (Å²) in [5.74, 6) is 0. The van der Waals surface area contributed by atoms with E-state index in [2.05, 4.69) is 0 Å². The van der Waals surface area contributed by atoms with Crippen molar-refractivity contribution in [3.63, 3.8) is 0 Å². The summed E-state index contributed by atoms with van der Waals surface area (Å²) >= 11 is 0. The quantitative estimate of drug-likeness (QED) is 0.390. The molecule has 0 unspecified atom stereocenters. The highest BCUT2D eigenvalue weighted by Crippen LogP contribution is 2.19. The molecule has 0 spiro atoms. The molecule has 2 aliphatic rings. The third kappa shape index (κ3) is 7.72. The zero-order chi connectivity index (χ0) is 22.7. The number of hydrogen-bond acceptors (Lipinski definition) is 6. The predicted molar refractivity (Wildman–Crippen MR) is 121 cm³/mol. The zero-order valence-corrected chi connectivity index (χ0v) is 19.7. The van der Waals surface area contributed by atoms with Crippen LogP contribution in [0.2, 0.25) is 0 Å². The van der Waals surface area contributed by atoms with Crippen LogP contribution in [-0.4, -0.2) is 82.9 Å². The van der Waals surface area contributed by atoms with Crippen molar-refractivity contribution in [1.29, 1.82) is 0 Å². The van der Waals surface area contributed by atoms with Crippen molar-refractivity contribution in [2.24, 2.45) is 0 Å². The topological polar surface area (TPSA) is 85.4 Å². The molecule has 32 heavy (non-hydrogen) atoms. The van der Waals surface area contributed by atoms with Crippen LogP contribution < -0.4 is 0 Å². The number of hydrogen-bond donors (Lipinski definition) is 0. The molecule has 2 fully saturated rings. The minimum absolute atomic E-state index is 0.182. The Kier molecular flexibility index (Phi) is 10.2. The Balaban J connectivity index is 1.23. The minimum Gasteiger partial charge on any atom is -0.448 e. The maximum Gasteiger partial charge on any atom is 0.409 e. The second-order valence-corrected chi connectivity index (χ2v) is 10.2. The lowest BCUT2D eigenvalue weighted by Crippen LogP contribution is -2.40. The molecule has 1 aromatic carbocycles. The molecular weight excluding hydrogens is 432 g/mol. The molecule has 0 atom stereocenters. The highest BCUT2D eigenvalue weighted by Gasteiger charge is 2.26. The van der Waals surface area contributed by atoms with Crippen molar-refractivity contribution < 1.29 is 27.4 Å². The highest BCUT2D eigenvalue weighted by molar-refractivity contribution is 7.89. The fourth-order valence-electron chi connectivity index (χ4n) is 3.92. The molecule has 0 N–H and O–H groups in total. The molecule has 0 aliphatic carbocycles. The zero-order valence-electron chi connectivity index (χ0n) is 18.9. The van der Waals surface area contributed by atoms with Gasteiger partial charge < -0.3 is 19.1 Å². The Bertz CT molecular complexity index is 810. The van der Waals surface area contributed by atoms with Gasteiger partial charge in [0.05, 0.1) is 24.7 Å². The van der Waals surface area contributed by atoms with Gasteiger partial charge in [-0.3, -0.25) is 0 Å². The number of ether oxygens (including phenoxy) is 3. The molecule has 1 amide bonds. The smallest absolute Gasteiger partial charge is 0.409 e. The lowest BCUT2D eigenvalue weighted by molar-refractivity contribution is 0.0730. The molecule has 2 saturated heterocycles. The van der Waals surface area contributed by atoms with Crippen LogP contribution in [-0.2, 0) is 30.7 Å². The van der Waals surface area contributed by atoms with E-state index in [9.17, 15) is 13.2 Å². The van der Waals surface area contributed by atoms with Crippen LogP contribution in [0, 0.1) is 0 Å². The number of cyclic esters (lactones) is 1. The van der Waals surface area contributed by atoms with Gasteiger partial charge in [-0.15, -0.1) is 0 Å². The molecular formula is C23H36N2O6S. The summed E-state index contributed by atoms with van der Waals surface area (Å²) in [6.07, 6.45) is 6.82. The molecule has 8 nitrogen and oxygen atoms in total. The molecule has 2 heterocycles. The Labute approximate surface area is 191 Å². The first-order chi connectivity index (χ1) is 15.6. The number of unbranched alkanes of at least 4 members (excludes halogenated alkanes) is 4. The van der Waals surface area contributed by atoms with Gasteiger partial charge >= 0.3 is 6.09 Å². The number of benzene rings is 1. The standard InChI is InChI=1S/C23H36N2O6S/c26-23-24(12-19-31-23)11-4-1-2-5-15-29-16-6-3-8-21-9-7-10-22(20-21)32(27,28)25-13-17-30-18-14-25/h7,9-10,20H,1-6,8,11-19H2. The third-order valence-electron chi connectivity index (χ3n) is 5.82. The highest BCUT2D eigenvalue weighted by atomic mass is 32.2. The van der Waals surface area contributed by atoms with Crippen LogP contribution in [0.15, 0.2) is 29.2 Å². The van der Waals surface area contributed by atoms with Gasteiger partial charge in [0, 0.05) is 32.8 Å². The average molecular weight is 469 g/mol. The van der Waals surface area contributed by atoms with E-state index in [0.717, 1.165) is 76.8 Å². The van der Waals surface area contributed by atoms with E-state index in [0.29, 0.717) is 37.8 Å². The largest absolute Gasteiger partial charge is 0.448 e. The van der Waals surface area contributed by atoms with Crippen LogP contribution in [0.1, 0.15) is 44.1 Å². The van der Waals surface area contributed by atoms with Crippen LogP contribution in [0.5, 0.6) is 0 Å². The van der Waals surface area contributed by atoms with Crippen molar-refractivity contribution in [3.05, 3.63) is 29.8 Å². The van der Waals surface area contributed by atoms with Crippen LogP contribution in [0.25, 0.3) is 0 Å². The number of morpholine rings is 1. The van der Waals surface area contributed by atoms with Crippen LogP contribution >= 0.6 is 0 Å². The van der Waals surface area contributed by atoms with Crippen molar-refractivity contribution in [1.82, 2.24) is 9.21 Å². The van der Waals surface area contributed by atoms with Gasteiger partial charge in [0.1, 0.15) is 6.61 Å². The molecule has 0 aromatic heterocycles. The van der Waals surface area contributed by atoms with E-state index in [-0.39, 0.29) is 6.09 Å². The van der Waals surface area contributed by atoms with Crippen molar-refractivity contribution in [3.8, 4) is 0 Å². The summed E-state index contributed by atoms with van der Waals surface area (Å²) in [7, 11) is -3.44.